The van der Waals surface area contributed by atoms with Gasteiger partial charge < -0.3 is 4.74 Å². The Morgan fingerprint density at radius 3 is 2.24 bits per heavy atom. The van der Waals surface area contributed by atoms with Crippen LogP contribution in [-0.4, -0.2) is 5.97 Å². The Balaban J connectivity index is 3.53. The molecule has 0 aliphatic carbocycles. The van der Waals surface area contributed by atoms with Gasteiger partial charge in [0.15, 0.2) is 5.75 Å². The fourth-order valence-corrected chi connectivity index (χ4v) is 2.22. The Bertz CT molecular complexity index is 510. The molecule has 0 saturated heterocycles. The summed E-state index contributed by atoms with van der Waals surface area (Å²) in [6.45, 7) is 5.30. The zero-order valence-corrected chi connectivity index (χ0v) is 12.9. The highest BCUT2D eigenvalue weighted by atomic mass is 79.9. The number of carbonyl (C=O) groups excluding carboxylic acids is 1. The van der Waals surface area contributed by atoms with E-state index in [-0.39, 0.29) is 17.1 Å². The van der Waals surface area contributed by atoms with Crippen LogP contribution in [0.2, 0.25) is 0 Å². The number of esters is 1. The van der Waals surface area contributed by atoms with Crippen LogP contribution in [0.1, 0.15) is 32.3 Å². The van der Waals surface area contributed by atoms with Crippen LogP contribution in [0.5, 0.6) is 5.75 Å². The Hall–Kier alpha value is -0.680. The van der Waals surface area contributed by atoms with Crippen molar-refractivity contribution in [2.75, 3.05) is 0 Å². The van der Waals surface area contributed by atoms with Crippen molar-refractivity contribution >= 4 is 37.8 Å². The third kappa shape index (κ3) is 3.64. The molecule has 0 radical (unpaired) electrons. The Morgan fingerprint density at radius 2 is 1.76 bits per heavy atom. The van der Waals surface area contributed by atoms with E-state index in [1.807, 2.05) is 13.8 Å². The molecule has 17 heavy (non-hydrogen) atoms. The standard InChI is InChI=1S/C12H12Br2O3/c1-6(2)8-4-9(13)11(16)12(10(14)5-8)17-7(3)15/h4-6H,1-3H3. The van der Waals surface area contributed by atoms with Gasteiger partial charge in [0, 0.05) is 6.92 Å². The Kier molecular flexibility index (Phi) is 4.89. The molecule has 0 spiro atoms. The maximum absolute atomic E-state index is 11.9. The van der Waals surface area contributed by atoms with Gasteiger partial charge in [-0.1, -0.05) is 13.8 Å². The van der Waals surface area contributed by atoms with E-state index in [2.05, 4.69) is 31.9 Å². The largest absolute Gasteiger partial charge is 0.421 e. The average Bonchev–Trinajstić information content (AvgIpc) is 2.31. The van der Waals surface area contributed by atoms with Gasteiger partial charge >= 0.3 is 5.97 Å². The normalized spacial score (nSPS) is 10.5. The number of carbonyl (C=O) groups is 1. The first-order valence-corrected chi connectivity index (χ1v) is 6.63. The van der Waals surface area contributed by atoms with Gasteiger partial charge in [0.1, 0.15) is 0 Å². The number of hydrogen-bond acceptors (Lipinski definition) is 3. The first-order chi connectivity index (χ1) is 7.82. The summed E-state index contributed by atoms with van der Waals surface area (Å²) in [5.74, 6) is -0.247. The van der Waals surface area contributed by atoms with Crippen molar-refractivity contribution in [1.82, 2.24) is 0 Å². The lowest BCUT2D eigenvalue weighted by Gasteiger charge is -2.02. The summed E-state index contributed by atoms with van der Waals surface area (Å²) in [5.41, 5.74) is 0.623. The fourth-order valence-electron chi connectivity index (χ4n) is 1.25. The number of halogens is 2. The fraction of sp³-hybridized carbons (Fsp3) is 0.333. The summed E-state index contributed by atoms with van der Waals surface area (Å²) in [6.07, 6.45) is 0. The third-order valence-corrected chi connectivity index (χ3v) is 3.32. The third-order valence-electron chi connectivity index (χ3n) is 2.14. The second kappa shape index (κ2) is 5.78. The summed E-state index contributed by atoms with van der Waals surface area (Å²) in [4.78, 5) is 22.9. The van der Waals surface area contributed by atoms with Gasteiger partial charge in [0.05, 0.1) is 8.95 Å². The van der Waals surface area contributed by atoms with Crippen molar-refractivity contribution in [3.05, 3.63) is 36.9 Å². The number of ether oxygens (including phenoxy) is 1. The molecule has 0 N–H and O–H groups in total. The van der Waals surface area contributed by atoms with Crippen LogP contribution in [0.3, 0.4) is 0 Å². The maximum atomic E-state index is 11.9. The van der Waals surface area contributed by atoms with Crippen LogP contribution in [-0.2, 0) is 4.79 Å². The van der Waals surface area contributed by atoms with Crippen LogP contribution >= 0.6 is 31.9 Å². The molecule has 0 amide bonds. The first kappa shape index (κ1) is 14.4. The smallest absolute Gasteiger partial charge is 0.308 e. The predicted molar refractivity (Wildman–Crippen MR) is 73.5 cm³/mol. The lowest BCUT2D eigenvalue weighted by Crippen LogP contribution is -2.10. The van der Waals surface area contributed by atoms with E-state index in [1.54, 1.807) is 12.1 Å². The molecule has 0 saturated carbocycles. The van der Waals surface area contributed by atoms with Crippen molar-refractivity contribution in [1.29, 1.82) is 0 Å². The quantitative estimate of drug-likeness (QED) is 0.753. The summed E-state index contributed by atoms with van der Waals surface area (Å²) in [7, 11) is 0. The van der Waals surface area contributed by atoms with Gasteiger partial charge in [-0.05, 0) is 55.5 Å². The molecular formula is C12H12Br2O3. The second-order valence-corrected chi connectivity index (χ2v) is 5.60. The molecule has 1 aromatic rings. The van der Waals surface area contributed by atoms with E-state index in [9.17, 15) is 9.59 Å². The molecule has 0 aliphatic heterocycles. The number of hydrogen-bond donors (Lipinski definition) is 0. The molecule has 5 heteroatoms. The van der Waals surface area contributed by atoms with Crippen LogP contribution in [0.15, 0.2) is 25.9 Å². The molecular weight excluding hydrogens is 352 g/mol. The monoisotopic (exact) mass is 362 g/mol. The van der Waals surface area contributed by atoms with Crippen molar-refractivity contribution in [2.45, 2.75) is 26.7 Å². The van der Waals surface area contributed by atoms with Crippen LogP contribution in [0.4, 0.5) is 0 Å². The first-order valence-electron chi connectivity index (χ1n) is 5.04. The van der Waals surface area contributed by atoms with E-state index in [4.69, 9.17) is 4.74 Å². The summed E-state index contributed by atoms with van der Waals surface area (Å²) in [5, 5.41) is 0. The van der Waals surface area contributed by atoms with Gasteiger partial charge in [-0.2, -0.15) is 0 Å². The van der Waals surface area contributed by atoms with Gasteiger partial charge in [0.25, 0.3) is 0 Å². The highest BCUT2D eigenvalue weighted by Crippen LogP contribution is 2.26. The average molecular weight is 364 g/mol. The Morgan fingerprint density at radius 1 is 1.24 bits per heavy atom. The molecule has 92 valence electrons. The van der Waals surface area contributed by atoms with E-state index in [0.717, 1.165) is 5.56 Å². The molecule has 0 atom stereocenters. The van der Waals surface area contributed by atoms with Gasteiger partial charge in [-0.15, -0.1) is 0 Å². The van der Waals surface area contributed by atoms with Crippen molar-refractivity contribution in [2.24, 2.45) is 0 Å². The van der Waals surface area contributed by atoms with Crippen LogP contribution in [0, 0.1) is 0 Å². The van der Waals surface area contributed by atoms with E-state index in [0.29, 0.717) is 8.95 Å². The zero-order chi connectivity index (χ0) is 13.2. The Labute approximate surface area is 116 Å². The highest BCUT2D eigenvalue weighted by molar-refractivity contribution is 9.11. The molecule has 0 aromatic heterocycles. The molecule has 0 aliphatic rings. The molecule has 3 nitrogen and oxygen atoms in total. The van der Waals surface area contributed by atoms with E-state index in [1.165, 1.54) is 6.92 Å². The van der Waals surface area contributed by atoms with E-state index >= 15 is 0 Å². The minimum atomic E-state index is -0.521. The van der Waals surface area contributed by atoms with Gasteiger partial charge in [0.2, 0.25) is 5.43 Å². The minimum absolute atomic E-state index is 0.0104. The van der Waals surface area contributed by atoms with Crippen molar-refractivity contribution < 1.29 is 9.53 Å². The molecule has 0 heterocycles. The van der Waals surface area contributed by atoms with Crippen molar-refractivity contribution in [3.8, 4) is 5.75 Å². The minimum Gasteiger partial charge on any atom is -0.421 e. The summed E-state index contributed by atoms with van der Waals surface area (Å²) >= 11 is 6.46. The van der Waals surface area contributed by atoms with Gasteiger partial charge in [-0.3, -0.25) is 9.59 Å². The molecule has 1 aromatic carbocycles. The van der Waals surface area contributed by atoms with Gasteiger partial charge in [-0.25, -0.2) is 0 Å². The topological polar surface area (TPSA) is 43.4 Å². The molecule has 0 fully saturated rings. The highest BCUT2D eigenvalue weighted by Gasteiger charge is 2.13. The van der Waals surface area contributed by atoms with Crippen LogP contribution in [0.25, 0.3) is 0 Å². The second-order valence-electron chi connectivity index (χ2n) is 3.89. The molecule has 0 unspecified atom stereocenters. The number of rotatable bonds is 2. The molecule has 1 rings (SSSR count). The SMILES string of the molecule is CC(=O)Oc1c(Br)cc(C(C)C)cc(Br)c1=O. The lowest BCUT2D eigenvalue weighted by atomic mass is 10.1. The summed E-state index contributed by atoms with van der Waals surface area (Å²) in [6, 6.07) is 3.53. The lowest BCUT2D eigenvalue weighted by molar-refractivity contribution is -0.132. The zero-order valence-electron chi connectivity index (χ0n) is 9.71. The predicted octanol–water partition coefficient (Wildman–Crippen LogP) is 3.62. The van der Waals surface area contributed by atoms with Crippen molar-refractivity contribution in [3.63, 3.8) is 0 Å². The maximum Gasteiger partial charge on any atom is 0.308 e. The summed E-state index contributed by atoms with van der Waals surface area (Å²) < 4.78 is 5.78. The molecule has 0 bridgehead atoms. The van der Waals surface area contributed by atoms with Crippen LogP contribution < -0.4 is 10.2 Å². The van der Waals surface area contributed by atoms with E-state index < -0.39 is 5.97 Å².